The fourth-order valence-corrected chi connectivity index (χ4v) is 4.46. The summed E-state index contributed by atoms with van der Waals surface area (Å²) in [4.78, 5) is 42.0. The van der Waals surface area contributed by atoms with Crippen molar-refractivity contribution in [2.75, 3.05) is 6.61 Å². The molecular weight excluding hydrogens is 492 g/mol. The highest BCUT2D eigenvalue weighted by Crippen LogP contribution is 2.37. The molecular formula is C28H30N2O6S. The van der Waals surface area contributed by atoms with Crippen molar-refractivity contribution in [1.29, 1.82) is 0 Å². The van der Waals surface area contributed by atoms with Crippen molar-refractivity contribution < 1.29 is 29.0 Å². The lowest BCUT2D eigenvalue weighted by molar-refractivity contribution is -0.150. The SMILES string of the molecule is C=C/C(=C\N=C(C)CCOc1ccc(C[C@@]2(C(=O)OCc3ccccc3)SC(=O)NC2=O)cc1)C(C)O. The molecule has 1 aliphatic rings. The van der Waals surface area contributed by atoms with E-state index in [0.29, 0.717) is 41.7 Å². The minimum absolute atomic E-state index is 0.00265. The van der Waals surface area contributed by atoms with Gasteiger partial charge in [0, 0.05) is 24.8 Å². The molecule has 1 fully saturated rings. The van der Waals surface area contributed by atoms with Crippen LogP contribution in [0.3, 0.4) is 0 Å². The van der Waals surface area contributed by atoms with E-state index in [9.17, 15) is 19.5 Å². The standard InChI is InChI=1S/C28H30N2O6S/c1-4-23(20(3)31)17-29-19(2)14-15-35-24-12-10-21(11-13-24)16-28(25(32)30-27(34)37-28)26(33)36-18-22-8-6-5-7-9-22/h4-13,17,20,31H,1,14-16,18H2,2-3H3,(H,30,32,34)/b23-17+,29-19?/t20?,28-/m1/s1. The second-order valence-corrected chi connectivity index (χ2v) is 9.80. The number of hydrogen-bond donors (Lipinski definition) is 2. The molecule has 1 aliphatic heterocycles. The number of aliphatic hydroxyl groups is 1. The van der Waals surface area contributed by atoms with Gasteiger partial charge in [-0.2, -0.15) is 0 Å². The number of rotatable bonds is 12. The van der Waals surface area contributed by atoms with Gasteiger partial charge in [0.2, 0.25) is 4.75 Å². The minimum atomic E-state index is -1.69. The number of imide groups is 1. The lowest BCUT2D eigenvalue weighted by atomic mass is 9.97. The summed E-state index contributed by atoms with van der Waals surface area (Å²) in [5, 5.41) is 11.2. The number of benzene rings is 2. The molecule has 194 valence electrons. The maximum Gasteiger partial charge on any atom is 0.333 e. The summed E-state index contributed by atoms with van der Waals surface area (Å²) >= 11 is 0.645. The Bertz CT molecular complexity index is 1190. The molecule has 0 radical (unpaired) electrons. The maximum atomic E-state index is 13.0. The number of nitrogens with zero attached hydrogens (tertiary/aromatic N) is 1. The molecule has 2 N–H and O–H groups in total. The number of nitrogens with one attached hydrogen (secondary N) is 1. The zero-order valence-electron chi connectivity index (χ0n) is 20.8. The van der Waals surface area contributed by atoms with Gasteiger partial charge >= 0.3 is 5.97 Å². The van der Waals surface area contributed by atoms with Crippen LogP contribution in [0.2, 0.25) is 0 Å². The van der Waals surface area contributed by atoms with Gasteiger partial charge in [0.25, 0.3) is 11.1 Å². The van der Waals surface area contributed by atoms with Crippen LogP contribution >= 0.6 is 11.8 Å². The van der Waals surface area contributed by atoms with Crippen LogP contribution in [0, 0.1) is 0 Å². The second-order valence-electron chi connectivity index (χ2n) is 8.53. The Morgan fingerprint density at radius 3 is 2.46 bits per heavy atom. The van der Waals surface area contributed by atoms with Gasteiger partial charge in [0.1, 0.15) is 12.4 Å². The van der Waals surface area contributed by atoms with Gasteiger partial charge in [-0.15, -0.1) is 0 Å². The third-order valence-corrected chi connectivity index (χ3v) is 6.79. The van der Waals surface area contributed by atoms with Gasteiger partial charge in [-0.1, -0.05) is 55.1 Å². The Balaban J connectivity index is 1.61. The molecule has 8 nitrogen and oxygen atoms in total. The van der Waals surface area contributed by atoms with Crippen molar-refractivity contribution in [3.63, 3.8) is 0 Å². The first-order chi connectivity index (χ1) is 17.7. The van der Waals surface area contributed by atoms with E-state index in [1.165, 1.54) is 0 Å². The van der Waals surface area contributed by atoms with Gasteiger partial charge in [-0.25, -0.2) is 4.79 Å². The number of ether oxygens (including phenoxy) is 2. The molecule has 0 aliphatic carbocycles. The monoisotopic (exact) mass is 522 g/mol. The average Bonchev–Trinajstić information content (AvgIpc) is 3.17. The normalized spacial score (nSPS) is 18.8. The van der Waals surface area contributed by atoms with Crippen LogP contribution in [0.1, 0.15) is 31.4 Å². The molecule has 0 aromatic heterocycles. The smallest absolute Gasteiger partial charge is 0.333 e. The number of aliphatic imine (C=N–C) groups is 1. The zero-order valence-corrected chi connectivity index (χ0v) is 21.6. The highest BCUT2D eigenvalue weighted by molar-refractivity contribution is 8.16. The van der Waals surface area contributed by atoms with Crippen LogP contribution in [0.5, 0.6) is 5.75 Å². The van der Waals surface area contributed by atoms with E-state index in [-0.39, 0.29) is 13.0 Å². The average molecular weight is 523 g/mol. The van der Waals surface area contributed by atoms with Crippen molar-refractivity contribution in [3.8, 4) is 5.75 Å². The Kier molecular flexibility index (Phi) is 9.82. The molecule has 1 saturated heterocycles. The largest absolute Gasteiger partial charge is 0.493 e. The Morgan fingerprint density at radius 2 is 1.86 bits per heavy atom. The molecule has 1 unspecified atom stereocenters. The molecule has 2 aromatic carbocycles. The number of hydrogen-bond acceptors (Lipinski definition) is 8. The predicted octanol–water partition coefficient (Wildman–Crippen LogP) is 4.37. The number of carbonyl (C=O) groups excluding carboxylic acids is 3. The molecule has 3 rings (SSSR count). The predicted molar refractivity (Wildman–Crippen MR) is 143 cm³/mol. The van der Waals surface area contributed by atoms with E-state index < -0.39 is 28.0 Å². The van der Waals surface area contributed by atoms with Crippen molar-refractivity contribution in [1.82, 2.24) is 5.32 Å². The molecule has 2 amide bonds. The first kappa shape index (κ1) is 27.9. The van der Waals surface area contributed by atoms with E-state index in [2.05, 4.69) is 16.9 Å². The van der Waals surface area contributed by atoms with Gasteiger partial charge in [0.15, 0.2) is 0 Å². The van der Waals surface area contributed by atoms with Gasteiger partial charge in [-0.05, 0) is 54.4 Å². The van der Waals surface area contributed by atoms with E-state index in [4.69, 9.17) is 9.47 Å². The fourth-order valence-electron chi connectivity index (χ4n) is 3.47. The third-order valence-electron chi connectivity index (χ3n) is 5.65. The number of carbonyl (C=O) groups is 3. The van der Waals surface area contributed by atoms with Crippen molar-refractivity contribution in [2.45, 2.75) is 44.1 Å². The molecule has 0 spiro atoms. The van der Waals surface area contributed by atoms with Crippen LogP contribution in [-0.2, 0) is 27.4 Å². The van der Waals surface area contributed by atoms with E-state index in [1.54, 1.807) is 43.5 Å². The van der Waals surface area contributed by atoms with E-state index in [1.807, 2.05) is 37.3 Å². The molecule has 2 atom stereocenters. The van der Waals surface area contributed by atoms with E-state index >= 15 is 0 Å². The molecule has 1 heterocycles. The van der Waals surface area contributed by atoms with Crippen LogP contribution < -0.4 is 10.1 Å². The minimum Gasteiger partial charge on any atom is -0.493 e. The maximum absolute atomic E-state index is 13.0. The second kappa shape index (κ2) is 13.0. The third kappa shape index (κ3) is 7.65. The van der Waals surface area contributed by atoms with Gasteiger partial charge in [-0.3, -0.25) is 19.9 Å². The highest BCUT2D eigenvalue weighted by atomic mass is 32.2. The van der Waals surface area contributed by atoms with E-state index in [0.717, 1.165) is 11.3 Å². The summed E-state index contributed by atoms with van der Waals surface area (Å²) in [7, 11) is 0. The fraction of sp³-hybridized carbons (Fsp3) is 0.286. The van der Waals surface area contributed by atoms with Gasteiger partial charge in [0.05, 0.1) is 12.7 Å². The molecule has 9 heteroatoms. The Hall–Kier alpha value is -3.69. The molecule has 37 heavy (non-hydrogen) atoms. The van der Waals surface area contributed by atoms with Crippen molar-refractivity contribution >= 4 is 34.6 Å². The summed E-state index contributed by atoms with van der Waals surface area (Å²) in [6, 6.07) is 16.1. The first-order valence-corrected chi connectivity index (χ1v) is 12.6. The molecule has 0 saturated carbocycles. The molecule has 2 aromatic rings. The van der Waals surface area contributed by atoms with Crippen LogP contribution in [0.25, 0.3) is 0 Å². The number of amides is 2. The number of aliphatic hydroxyl groups excluding tert-OH is 1. The zero-order chi connectivity index (χ0) is 26.8. The molecule has 0 bridgehead atoms. The van der Waals surface area contributed by atoms with Crippen molar-refractivity contribution in [3.05, 3.63) is 90.2 Å². The Labute approximate surface area is 220 Å². The Morgan fingerprint density at radius 1 is 1.16 bits per heavy atom. The van der Waals surface area contributed by atoms with Gasteiger partial charge < -0.3 is 14.6 Å². The number of thioether (sulfide) groups is 1. The summed E-state index contributed by atoms with van der Waals surface area (Å²) < 4.78 is 9.52. The summed E-state index contributed by atoms with van der Waals surface area (Å²) in [5.41, 5.74) is 2.93. The van der Waals surface area contributed by atoms with Crippen LogP contribution in [-0.4, -0.2) is 45.4 Å². The summed E-state index contributed by atoms with van der Waals surface area (Å²) in [6.07, 6.45) is 3.09. The van der Waals surface area contributed by atoms with Crippen molar-refractivity contribution in [2.24, 2.45) is 4.99 Å². The number of esters is 1. The lowest BCUT2D eigenvalue weighted by Gasteiger charge is -2.22. The first-order valence-electron chi connectivity index (χ1n) is 11.7. The summed E-state index contributed by atoms with van der Waals surface area (Å²) in [5.74, 6) is -0.827. The summed E-state index contributed by atoms with van der Waals surface area (Å²) in [6.45, 7) is 7.57. The highest BCUT2D eigenvalue weighted by Gasteiger charge is 2.55. The van der Waals surface area contributed by atoms with Crippen LogP contribution in [0.15, 0.2) is 84.0 Å². The quantitative estimate of drug-likeness (QED) is 0.184. The topological polar surface area (TPSA) is 114 Å². The lowest BCUT2D eigenvalue weighted by Crippen LogP contribution is -2.46. The van der Waals surface area contributed by atoms with Crippen LogP contribution in [0.4, 0.5) is 4.79 Å².